The number of rotatable bonds is 6. The van der Waals surface area contributed by atoms with Crippen molar-refractivity contribution in [1.82, 2.24) is 4.90 Å². The SMILES string of the molecule is CC(C)c1cccc(NC(=O)CN2CCCC(CCN)C2)c1. The van der Waals surface area contributed by atoms with Gasteiger partial charge in [0.2, 0.25) is 5.91 Å². The second-order valence-electron chi connectivity index (χ2n) is 6.65. The third kappa shape index (κ3) is 5.11. The van der Waals surface area contributed by atoms with Gasteiger partial charge in [0.05, 0.1) is 6.54 Å². The molecule has 0 spiro atoms. The van der Waals surface area contributed by atoms with Crippen molar-refractivity contribution in [2.45, 2.75) is 39.0 Å². The van der Waals surface area contributed by atoms with Crippen LogP contribution in [0.3, 0.4) is 0 Å². The van der Waals surface area contributed by atoms with Crippen molar-refractivity contribution in [2.75, 3.05) is 31.5 Å². The van der Waals surface area contributed by atoms with E-state index in [1.165, 1.54) is 18.4 Å². The number of carbonyl (C=O) groups excluding carboxylic acids is 1. The maximum atomic E-state index is 12.2. The molecule has 0 bridgehead atoms. The van der Waals surface area contributed by atoms with Crippen molar-refractivity contribution in [3.63, 3.8) is 0 Å². The molecule has 1 aromatic carbocycles. The summed E-state index contributed by atoms with van der Waals surface area (Å²) >= 11 is 0. The maximum absolute atomic E-state index is 12.2. The quantitative estimate of drug-likeness (QED) is 0.849. The fourth-order valence-electron chi connectivity index (χ4n) is 3.15. The van der Waals surface area contributed by atoms with E-state index in [2.05, 4.69) is 36.2 Å². The van der Waals surface area contributed by atoms with E-state index in [1.807, 2.05) is 12.1 Å². The molecule has 1 aliphatic rings. The first-order valence-electron chi connectivity index (χ1n) is 8.40. The Morgan fingerprint density at radius 3 is 3.00 bits per heavy atom. The van der Waals surface area contributed by atoms with Gasteiger partial charge in [0.25, 0.3) is 0 Å². The van der Waals surface area contributed by atoms with Crippen LogP contribution in [0.5, 0.6) is 0 Å². The van der Waals surface area contributed by atoms with Crippen LogP contribution >= 0.6 is 0 Å². The number of benzene rings is 1. The number of nitrogens with one attached hydrogen (secondary N) is 1. The van der Waals surface area contributed by atoms with Gasteiger partial charge in [-0.2, -0.15) is 0 Å². The smallest absolute Gasteiger partial charge is 0.238 e. The van der Waals surface area contributed by atoms with Crippen LogP contribution in [0, 0.1) is 5.92 Å². The first kappa shape index (κ1) is 17.0. The van der Waals surface area contributed by atoms with Crippen molar-refractivity contribution >= 4 is 11.6 Å². The first-order valence-corrected chi connectivity index (χ1v) is 8.40. The Morgan fingerprint density at radius 2 is 2.27 bits per heavy atom. The predicted molar refractivity (Wildman–Crippen MR) is 92.0 cm³/mol. The fraction of sp³-hybridized carbons (Fsp3) is 0.611. The number of carbonyl (C=O) groups is 1. The third-order valence-electron chi connectivity index (χ3n) is 4.38. The number of anilines is 1. The van der Waals surface area contributed by atoms with Gasteiger partial charge in [-0.3, -0.25) is 9.69 Å². The highest BCUT2D eigenvalue weighted by molar-refractivity contribution is 5.92. The van der Waals surface area contributed by atoms with E-state index >= 15 is 0 Å². The number of nitrogens with zero attached hydrogens (tertiary/aromatic N) is 1. The van der Waals surface area contributed by atoms with Crippen molar-refractivity contribution in [1.29, 1.82) is 0 Å². The minimum absolute atomic E-state index is 0.0781. The molecule has 0 aliphatic carbocycles. The minimum atomic E-state index is 0.0781. The second kappa shape index (κ2) is 8.30. The molecule has 22 heavy (non-hydrogen) atoms. The molecule has 2 rings (SSSR count). The van der Waals surface area contributed by atoms with Crippen molar-refractivity contribution in [2.24, 2.45) is 11.7 Å². The topological polar surface area (TPSA) is 58.4 Å². The van der Waals surface area contributed by atoms with Crippen LogP contribution in [0.1, 0.15) is 44.6 Å². The lowest BCUT2D eigenvalue weighted by atomic mass is 9.95. The number of nitrogens with two attached hydrogens (primary N) is 1. The Labute approximate surface area is 134 Å². The molecule has 1 unspecified atom stereocenters. The van der Waals surface area contributed by atoms with Crippen molar-refractivity contribution in [3.8, 4) is 0 Å². The number of amides is 1. The number of hydrogen-bond acceptors (Lipinski definition) is 3. The third-order valence-corrected chi connectivity index (χ3v) is 4.38. The van der Waals surface area contributed by atoms with E-state index in [-0.39, 0.29) is 5.91 Å². The van der Waals surface area contributed by atoms with Gasteiger partial charge in [-0.05, 0) is 61.9 Å². The molecular formula is C18H29N3O. The van der Waals surface area contributed by atoms with Crippen LogP contribution in [0.25, 0.3) is 0 Å². The molecule has 1 saturated heterocycles. The van der Waals surface area contributed by atoms with Gasteiger partial charge >= 0.3 is 0 Å². The lowest BCUT2D eigenvalue weighted by Crippen LogP contribution is -2.40. The van der Waals surface area contributed by atoms with Gasteiger partial charge in [0.1, 0.15) is 0 Å². The zero-order valence-corrected chi connectivity index (χ0v) is 13.8. The number of likely N-dealkylation sites (tertiary alicyclic amines) is 1. The van der Waals surface area contributed by atoms with Crippen LogP contribution < -0.4 is 11.1 Å². The molecule has 4 heteroatoms. The molecule has 1 atom stereocenters. The Kier molecular flexibility index (Phi) is 6.40. The van der Waals surface area contributed by atoms with E-state index in [9.17, 15) is 4.79 Å². The summed E-state index contributed by atoms with van der Waals surface area (Å²) in [7, 11) is 0. The summed E-state index contributed by atoms with van der Waals surface area (Å²) in [4.78, 5) is 14.5. The molecule has 4 nitrogen and oxygen atoms in total. The summed E-state index contributed by atoms with van der Waals surface area (Å²) in [6.45, 7) is 7.55. The predicted octanol–water partition coefficient (Wildman–Crippen LogP) is 2.81. The molecule has 0 saturated carbocycles. The minimum Gasteiger partial charge on any atom is -0.330 e. The summed E-state index contributed by atoms with van der Waals surface area (Å²) in [6, 6.07) is 8.12. The number of piperidine rings is 1. The number of hydrogen-bond donors (Lipinski definition) is 2. The highest BCUT2D eigenvalue weighted by Crippen LogP contribution is 2.20. The fourth-order valence-corrected chi connectivity index (χ4v) is 3.15. The van der Waals surface area contributed by atoms with Gasteiger partial charge in [-0.15, -0.1) is 0 Å². The van der Waals surface area contributed by atoms with Gasteiger partial charge < -0.3 is 11.1 Å². The lowest BCUT2D eigenvalue weighted by molar-refractivity contribution is -0.117. The second-order valence-corrected chi connectivity index (χ2v) is 6.65. The monoisotopic (exact) mass is 303 g/mol. The highest BCUT2D eigenvalue weighted by atomic mass is 16.2. The van der Waals surface area contributed by atoms with E-state index in [0.717, 1.165) is 31.7 Å². The summed E-state index contributed by atoms with van der Waals surface area (Å²) in [5.41, 5.74) is 7.79. The summed E-state index contributed by atoms with van der Waals surface area (Å²) in [5.74, 6) is 1.20. The summed E-state index contributed by atoms with van der Waals surface area (Å²) in [5, 5.41) is 3.03. The van der Waals surface area contributed by atoms with Crippen LogP contribution in [0.15, 0.2) is 24.3 Å². The molecule has 1 fully saturated rings. The molecule has 1 amide bonds. The Morgan fingerprint density at radius 1 is 1.45 bits per heavy atom. The van der Waals surface area contributed by atoms with Crippen LogP contribution in [0.4, 0.5) is 5.69 Å². The van der Waals surface area contributed by atoms with Gasteiger partial charge in [0, 0.05) is 12.2 Å². The van der Waals surface area contributed by atoms with Gasteiger partial charge in [-0.25, -0.2) is 0 Å². The van der Waals surface area contributed by atoms with Crippen LogP contribution in [-0.2, 0) is 4.79 Å². The summed E-state index contributed by atoms with van der Waals surface area (Å²) in [6.07, 6.45) is 3.47. The molecule has 1 heterocycles. The molecule has 3 N–H and O–H groups in total. The molecule has 0 aromatic heterocycles. The zero-order valence-electron chi connectivity index (χ0n) is 13.8. The lowest BCUT2D eigenvalue weighted by Gasteiger charge is -2.32. The van der Waals surface area contributed by atoms with Gasteiger partial charge in [-0.1, -0.05) is 26.0 Å². The molecule has 1 aliphatic heterocycles. The van der Waals surface area contributed by atoms with E-state index in [0.29, 0.717) is 18.4 Å². The van der Waals surface area contributed by atoms with Crippen molar-refractivity contribution < 1.29 is 4.79 Å². The van der Waals surface area contributed by atoms with Crippen LogP contribution in [0.2, 0.25) is 0 Å². The Balaban J connectivity index is 1.86. The Hall–Kier alpha value is -1.39. The summed E-state index contributed by atoms with van der Waals surface area (Å²) < 4.78 is 0. The molecule has 122 valence electrons. The Bertz CT molecular complexity index is 485. The zero-order chi connectivity index (χ0) is 15.9. The van der Waals surface area contributed by atoms with E-state index < -0.39 is 0 Å². The molecule has 1 aromatic rings. The maximum Gasteiger partial charge on any atom is 0.238 e. The normalized spacial score (nSPS) is 19.4. The van der Waals surface area contributed by atoms with E-state index in [1.54, 1.807) is 0 Å². The molecule has 0 radical (unpaired) electrons. The first-order chi connectivity index (χ1) is 10.6. The van der Waals surface area contributed by atoms with Gasteiger partial charge in [0.15, 0.2) is 0 Å². The van der Waals surface area contributed by atoms with Crippen molar-refractivity contribution in [3.05, 3.63) is 29.8 Å². The highest BCUT2D eigenvalue weighted by Gasteiger charge is 2.21. The molecular weight excluding hydrogens is 274 g/mol. The van der Waals surface area contributed by atoms with Crippen LogP contribution in [-0.4, -0.2) is 37.0 Å². The van der Waals surface area contributed by atoms with E-state index in [4.69, 9.17) is 5.73 Å². The largest absolute Gasteiger partial charge is 0.330 e. The average Bonchev–Trinajstić information content (AvgIpc) is 2.48. The standard InChI is InChI=1S/C18H29N3O/c1-14(2)16-6-3-7-17(11-16)20-18(22)13-21-10-4-5-15(12-21)8-9-19/h3,6-7,11,14-15H,4-5,8-10,12-13,19H2,1-2H3,(H,20,22). The average molecular weight is 303 g/mol.